The molecular weight excluding hydrogens is 252 g/mol. The van der Waals surface area contributed by atoms with Crippen LogP contribution in [0.15, 0.2) is 0 Å². The van der Waals surface area contributed by atoms with Gasteiger partial charge in [0.1, 0.15) is 0 Å². The molecule has 4 heteroatoms. The summed E-state index contributed by atoms with van der Waals surface area (Å²) in [5, 5.41) is 19.3. The summed E-state index contributed by atoms with van der Waals surface area (Å²) in [5.41, 5.74) is 0. The van der Waals surface area contributed by atoms with Crippen LogP contribution >= 0.6 is 0 Å². The lowest BCUT2D eigenvalue weighted by Gasteiger charge is -2.36. The van der Waals surface area contributed by atoms with E-state index in [1.807, 2.05) is 0 Å². The summed E-state index contributed by atoms with van der Waals surface area (Å²) < 4.78 is 0. The number of aliphatic hydroxyl groups excluding tert-OH is 2. The highest BCUT2D eigenvalue weighted by Crippen LogP contribution is 2.32. The maximum absolute atomic E-state index is 10.2. The fraction of sp³-hybridized carbons (Fsp3) is 1.00. The molecule has 0 aromatic rings. The molecule has 2 rings (SSSR count). The Morgan fingerprint density at radius 3 is 2.55 bits per heavy atom. The largest absolute Gasteiger partial charge is 0.395 e. The van der Waals surface area contributed by atoms with E-state index in [1.165, 1.54) is 25.7 Å². The number of aliphatic hydroxyl groups is 2. The first-order valence-corrected chi connectivity index (χ1v) is 8.46. The van der Waals surface area contributed by atoms with Crippen LogP contribution in [0.3, 0.4) is 0 Å². The molecule has 3 atom stereocenters. The summed E-state index contributed by atoms with van der Waals surface area (Å²) in [7, 11) is 0. The quantitative estimate of drug-likeness (QED) is 0.796. The predicted molar refractivity (Wildman–Crippen MR) is 81.7 cm³/mol. The molecule has 0 radical (unpaired) electrons. The van der Waals surface area contributed by atoms with Crippen molar-refractivity contribution in [2.75, 3.05) is 45.9 Å². The van der Waals surface area contributed by atoms with Crippen LogP contribution < -0.4 is 0 Å². The third kappa shape index (κ3) is 4.69. The number of rotatable bonds is 5. The second-order valence-electron chi connectivity index (χ2n) is 6.63. The monoisotopic (exact) mass is 284 g/mol. The van der Waals surface area contributed by atoms with Crippen molar-refractivity contribution in [2.24, 2.45) is 11.8 Å². The molecule has 0 aromatic heterocycles. The van der Waals surface area contributed by atoms with E-state index in [0.29, 0.717) is 5.92 Å². The number of hydrogen-bond donors (Lipinski definition) is 2. The van der Waals surface area contributed by atoms with Gasteiger partial charge < -0.3 is 15.1 Å². The van der Waals surface area contributed by atoms with E-state index in [9.17, 15) is 5.11 Å². The van der Waals surface area contributed by atoms with Crippen molar-refractivity contribution in [3.63, 3.8) is 0 Å². The van der Waals surface area contributed by atoms with Gasteiger partial charge in [-0.2, -0.15) is 0 Å². The van der Waals surface area contributed by atoms with Gasteiger partial charge in [-0.05, 0) is 50.6 Å². The van der Waals surface area contributed by atoms with Gasteiger partial charge in [0, 0.05) is 26.2 Å². The minimum atomic E-state index is -0.0883. The second kappa shape index (κ2) is 8.32. The molecule has 1 heterocycles. The van der Waals surface area contributed by atoms with Gasteiger partial charge in [-0.3, -0.25) is 4.90 Å². The Kier molecular flexibility index (Phi) is 6.75. The summed E-state index contributed by atoms with van der Waals surface area (Å²) in [4.78, 5) is 4.88. The van der Waals surface area contributed by atoms with E-state index >= 15 is 0 Å². The van der Waals surface area contributed by atoms with Crippen molar-refractivity contribution < 1.29 is 10.2 Å². The molecule has 20 heavy (non-hydrogen) atoms. The van der Waals surface area contributed by atoms with Crippen LogP contribution in [0.2, 0.25) is 0 Å². The summed E-state index contributed by atoms with van der Waals surface area (Å²) in [6.45, 7) is 8.78. The number of nitrogens with zero attached hydrogens (tertiary/aromatic N) is 2. The highest BCUT2D eigenvalue weighted by Gasteiger charge is 2.30. The maximum atomic E-state index is 10.2. The highest BCUT2D eigenvalue weighted by atomic mass is 16.3. The third-order valence-corrected chi connectivity index (χ3v) is 5.22. The molecule has 0 aromatic carbocycles. The van der Waals surface area contributed by atoms with E-state index < -0.39 is 0 Å². The van der Waals surface area contributed by atoms with Crippen molar-refractivity contribution in [3.8, 4) is 0 Å². The van der Waals surface area contributed by atoms with Crippen molar-refractivity contribution in [2.45, 2.75) is 45.1 Å². The Hall–Kier alpha value is -0.160. The zero-order chi connectivity index (χ0) is 14.4. The molecule has 2 aliphatic rings. The lowest BCUT2D eigenvalue weighted by atomic mass is 9.78. The van der Waals surface area contributed by atoms with Gasteiger partial charge in [0.15, 0.2) is 0 Å². The Bertz CT molecular complexity index is 275. The molecule has 1 aliphatic carbocycles. The standard InChI is InChI=1S/C16H32N2O2/c1-2-14-4-5-16(20)15(12-14)13-18-7-3-6-17(8-9-18)10-11-19/h14-16,19-20H,2-13H2,1H3. The normalized spacial score (nSPS) is 34.0. The summed E-state index contributed by atoms with van der Waals surface area (Å²) in [6.07, 6.45) is 5.75. The van der Waals surface area contributed by atoms with Crippen LogP contribution in [0.5, 0.6) is 0 Å². The van der Waals surface area contributed by atoms with Crippen molar-refractivity contribution in [1.82, 2.24) is 9.80 Å². The smallest absolute Gasteiger partial charge is 0.0580 e. The van der Waals surface area contributed by atoms with Gasteiger partial charge in [0.25, 0.3) is 0 Å². The van der Waals surface area contributed by atoms with Gasteiger partial charge in [-0.25, -0.2) is 0 Å². The van der Waals surface area contributed by atoms with Gasteiger partial charge in [-0.15, -0.1) is 0 Å². The van der Waals surface area contributed by atoms with Crippen LogP contribution in [0, 0.1) is 11.8 Å². The fourth-order valence-corrected chi connectivity index (χ4v) is 3.82. The average molecular weight is 284 g/mol. The third-order valence-electron chi connectivity index (χ3n) is 5.22. The Balaban J connectivity index is 1.79. The van der Waals surface area contributed by atoms with Crippen LogP contribution in [0.25, 0.3) is 0 Å². The molecular formula is C16H32N2O2. The van der Waals surface area contributed by atoms with Crippen molar-refractivity contribution in [3.05, 3.63) is 0 Å². The van der Waals surface area contributed by atoms with Crippen LogP contribution in [-0.4, -0.2) is 72.0 Å². The molecule has 4 nitrogen and oxygen atoms in total. The minimum absolute atomic E-state index is 0.0883. The second-order valence-corrected chi connectivity index (χ2v) is 6.63. The predicted octanol–water partition coefficient (Wildman–Crippen LogP) is 1.17. The van der Waals surface area contributed by atoms with Crippen LogP contribution in [0.1, 0.15) is 39.0 Å². The highest BCUT2D eigenvalue weighted by molar-refractivity contribution is 4.82. The van der Waals surface area contributed by atoms with Gasteiger partial charge >= 0.3 is 0 Å². The molecule has 1 saturated carbocycles. The molecule has 0 amide bonds. The topological polar surface area (TPSA) is 46.9 Å². The number of β-amino-alcohol motifs (C(OH)–C–C–N with tert-alkyl or cyclic N) is 1. The minimum Gasteiger partial charge on any atom is -0.395 e. The van der Waals surface area contributed by atoms with E-state index in [4.69, 9.17) is 5.11 Å². The van der Waals surface area contributed by atoms with Crippen molar-refractivity contribution >= 4 is 0 Å². The molecule has 2 fully saturated rings. The average Bonchev–Trinajstić information content (AvgIpc) is 2.67. The molecule has 1 aliphatic heterocycles. The zero-order valence-corrected chi connectivity index (χ0v) is 13.0. The van der Waals surface area contributed by atoms with Crippen LogP contribution in [-0.2, 0) is 0 Å². The summed E-state index contributed by atoms with van der Waals surface area (Å²) >= 11 is 0. The molecule has 0 bridgehead atoms. The summed E-state index contributed by atoms with van der Waals surface area (Å²) in [6, 6.07) is 0. The molecule has 1 saturated heterocycles. The number of hydrogen-bond acceptors (Lipinski definition) is 4. The van der Waals surface area contributed by atoms with Crippen LogP contribution in [0.4, 0.5) is 0 Å². The lowest BCUT2D eigenvalue weighted by molar-refractivity contribution is 0.0273. The SMILES string of the molecule is CCC1CCC(O)C(CN2CCCN(CCO)CC2)C1. The van der Waals surface area contributed by atoms with Gasteiger partial charge in [0.05, 0.1) is 12.7 Å². The first-order chi connectivity index (χ1) is 9.72. The summed E-state index contributed by atoms with van der Waals surface area (Å²) in [5.74, 6) is 1.29. The fourth-order valence-electron chi connectivity index (χ4n) is 3.82. The van der Waals surface area contributed by atoms with Gasteiger partial charge in [0.2, 0.25) is 0 Å². The van der Waals surface area contributed by atoms with E-state index in [0.717, 1.165) is 51.6 Å². The first kappa shape index (κ1) is 16.2. The first-order valence-electron chi connectivity index (χ1n) is 8.46. The Morgan fingerprint density at radius 1 is 1.05 bits per heavy atom. The van der Waals surface area contributed by atoms with Crippen molar-refractivity contribution in [1.29, 1.82) is 0 Å². The Labute approximate surface area is 123 Å². The molecule has 118 valence electrons. The molecule has 2 N–H and O–H groups in total. The van der Waals surface area contributed by atoms with Gasteiger partial charge in [-0.1, -0.05) is 13.3 Å². The Morgan fingerprint density at radius 2 is 1.80 bits per heavy atom. The molecule has 3 unspecified atom stereocenters. The lowest BCUT2D eigenvalue weighted by Crippen LogP contribution is -2.40. The van der Waals surface area contributed by atoms with E-state index in [-0.39, 0.29) is 12.7 Å². The molecule has 0 spiro atoms. The zero-order valence-electron chi connectivity index (χ0n) is 13.0. The maximum Gasteiger partial charge on any atom is 0.0580 e. The van der Waals surface area contributed by atoms with E-state index in [2.05, 4.69) is 16.7 Å². The van der Waals surface area contributed by atoms with E-state index in [1.54, 1.807) is 0 Å².